The number of benzene rings is 2. The molecule has 2 heterocycles. The number of aromatic hydroxyl groups is 1. The molecule has 0 unspecified atom stereocenters. The van der Waals surface area contributed by atoms with Crippen LogP contribution >= 0.6 is 0 Å². The summed E-state index contributed by atoms with van der Waals surface area (Å²) in [4.78, 5) is 5.79. The van der Waals surface area contributed by atoms with E-state index in [1.54, 1.807) is 12.1 Å². The average molecular weight is 574 g/mol. The Morgan fingerprint density at radius 2 is 1.62 bits per heavy atom. The molecule has 0 bridgehead atoms. The molecule has 6 nitrogen and oxygen atoms in total. The first-order valence-electron chi connectivity index (χ1n) is 12.5. The van der Waals surface area contributed by atoms with E-state index < -0.39 is 59.6 Å². The average Bonchev–Trinajstić information content (AvgIpc) is 3.52. The van der Waals surface area contributed by atoms with Crippen molar-refractivity contribution in [3.8, 4) is 5.88 Å². The maximum absolute atomic E-state index is 13.8. The van der Waals surface area contributed by atoms with Crippen LogP contribution in [0, 0.1) is 17.7 Å². The molecule has 216 valence electrons. The first-order valence-corrected chi connectivity index (χ1v) is 12.5. The predicted octanol–water partition coefficient (Wildman–Crippen LogP) is 6.31. The molecule has 0 spiro atoms. The molecule has 5 atom stereocenters. The zero-order valence-corrected chi connectivity index (χ0v) is 20.8. The molecule has 0 amide bonds. The third-order valence-electron chi connectivity index (χ3n) is 7.67. The van der Waals surface area contributed by atoms with Crippen LogP contribution in [0.15, 0.2) is 53.1 Å². The van der Waals surface area contributed by atoms with Crippen LogP contribution in [0.4, 0.5) is 36.7 Å². The maximum Gasteiger partial charge on any atom is 0.416 e. The van der Waals surface area contributed by atoms with Crippen molar-refractivity contribution in [2.24, 2.45) is 11.8 Å². The first kappa shape index (κ1) is 28.2. The Morgan fingerprint density at radius 1 is 0.975 bits per heavy atom. The molecule has 2 N–H and O–H groups in total. The molecular weight excluding hydrogens is 549 g/mol. The van der Waals surface area contributed by atoms with Crippen molar-refractivity contribution < 1.29 is 50.1 Å². The van der Waals surface area contributed by atoms with E-state index in [1.165, 1.54) is 12.1 Å². The summed E-state index contributed by atoms with van der Waals surface area (Å²) in [6.07, 6.45) is -10.2. The number of oxazole rings is 1. The van der Waals surface area contributed by atoms with Crippen molar-refractivity contribution in [1.82, 2.24) is 4.98 Å². The van der Waals surface area contributed by atoms with Gasteiger partial charge in [0.15, 0.2) is 6.26 Å². The summed E-state index contributed by atoms with van der Waals surface area (Å²) < 4.78 is 106. The van der Waals surface area contributed by atoms with Gasteiger partial charge in [-0.3, -0.25) is 0 Å². The number of hydrogen-bond acceptors (Lipinski definition) is 6. The van der Waals surface area contributed by atoms with Crippen LogP contribution in [0.25, 0.3) is 0 Å². The number of aromatic nitrogens is 1. The second-order valence-electron chi connectivity index (χ2n) is 10.2. The second-order valence-corrected chi connectivity index (χ2v) is 10.2. The van der Waals surface area contributed by atoms with Crippen molar-refractivity contribution in [3.05, 3.63) is 76.8 Å². The number of aliphatic hydroxyl groups excluding tert-OH is 1. The summed E-state index contributed by atoms with van der Waals surface area (Å²) in [6.45, 7) is 0.0696. The van der Waals surface area contributed by atoms with Crippen molar-refractivity contribution in [2.45, 2.75) is 43.3 Å². The van der Waals surface area contributed by atoms with Crippen LogP contribution < -0.4 is 4.90 Å². The SMILES string of the molecule is OC[C@@H](O[C@H]1CC[C@@H]2CN(c3nc(O)co3)C[C@H]2[C@@H]1c1ccc(F)cc1)c1cc(C(F)(F)F)cc(C(F)(F)F)c1. The fourth-order valence-electron chi connectivity index (χ4n) is 5.90. The van der Waals surface area contributed by atoms with Gasteiger partial charge in [0.1, 0.15) is 11.9 Å². The number of anilines is 1. The van der Waals surface area contributed by atoms with Gasteiger partial charge in [0.05, 0.1) is 23.8 Å². The Morgan fingerprint density at radius 3 is 2.17 bits per heavy atom. The molecule has 2 aromatic carbocycles. The number of ether oxygens (including phenoxy) is 1. The lowest BCUT2D eigenvalue weighted by Crippen LogP contribution is -2.38. The smallest absolute Gasteiger partial charge is 0.416 e. The van der Waals surface area contributed by atoms with Crippen molar-refractivity contribution in [3.63, 3.8) is 0 Å². The first-order chi connectivity index (χ1) is 18.8. The minimum absolute atomic E-state index is 0.0258. The van der Waals surface area contributed by atoms with Gasteiger partial charge < -0.3 is 24.3 Å². The van der Waals surface area contributed by atoms with Crippen molar-refractivity contribution in [2.75, 3.05) is 24.6 Å². The molecule has 5 rings (SSSR count). The maximum atomic E-state index is 13.8. The zero-order valence-electron chi connectivity index (χ0n) is 20.8. The Labute approximate surface area is 224 Å². The summed E-state index contributed by atoms with van der Waals surface area (Å²) >= 11 is 0. The number of nitrogens with zero attached hydrogens (tertiary/aromatic N) is 2. The van der Waals surface area contributed by atoms with Crippen molar-refractivity contribution in [1.29, 1.82) is 0 Å². The molecule has 3 aromatic rings. The van der Waals surface area contributed by atoms with E-state index in [2.05, 4.69) is 4.98 Å². The highest BCUT2D eigenvalue weighted by molar-refractivity contribution is 5.36. The fraction of sp³-hybridized carbons (Fsp3) is 0.444. The number of aliphatic hydroxyl groups is 1. The minimum atomic E-state index is -5.05. The number of rotatable bonds is 6. The van der Waals surface area contributed by atoms with Gasteiger partial charge in [0.25, 0.3) is 5.88 Å². The Kier molecular flexibility index (Phi) is 7.47. The molecule has 1 saturated carbocycles. The van der Waals surface area contributed by atoms with Gasteiger partial charge in [-0.15, -0.1) is 0 Å². The van der Waals surface area contributed by atoms with Crippen molar-refractivity contribution >= 4 is 6.01 Å². The highest BCUT2D eigenvalue weighted by Crippen LogP contribution is 2.49. The quantitative estimate of drug-likeness (QED) is 0.336. The lowest BCUT2D eigenvalue weighted by molar-refractivity contribution is -0.143. The molecule has 2 aliphatic rings. The largest absolute Gasteiger partial charge is 0.491 e. The fourth-order valence-corrected chi connectivity index (χ4v) is 5.90. The molecule has 40 heavy (non-hydrogen) atoms. The standard InChI is InChI=1S/C27H25F7N2O4/c28-19-4-1-14(2-5-19)24-20-11-36(25-35-23(38)13-39-25)10-15(20)3-6-21(24)40-22(12-37)16-7-17(26(29,30)31)9-18(8-16)27(32,33)34/h1-2,4-5,7-9,13,15,20-22,24,37-38H,3,6,10-12H2/t15-,20-,21+,22-,24+/m1/s1. The van der Waals surface area contributed by atoms with E-state index >= 15 is 0 Å². The van der Waals surface area contributed by atoms with E-state index in [0.717, 1.165) is 6.26 Å². The lowest BCUT2D eigenvalue weighted by atomic mass is 9.69. The summed E-state index contributed by atoms with van der Waals surface area (Å²) in [7, 11) is 0. The Bertz CT molecular complexity index is 1290. The summed E-state index contributed by atoms with van der Waals surface area (Å²) in [5, 5.41) is 19.7. The van der Waals surface area contributed by atoms with E-state index in [1.807, 2.05) is 4.90 Å². The lowest BCUT2D eigenvalue weighted by Gasteiger charge is -2.41. The third-order valence-corrected chi connectivity index (χ3v) is 7.67. The summed E-state index contributed by atoms with van der Waals surface area (Å²) in [5.41, 5.74) is -2.78. The predicted molar refractivity (Wildman–Crippen MR) is 127 cm³/mol. The van der Waals surface area contributed by atoms with Crippen LogP contribution in [0.2, 0.25) is 0 Å². The molecule has 13 heteroatoms. The highest BCUT2D eigenvalue weighted by atomic mass is 19.4. The van der Waals surface area contributed by atoms with Gasteiger partial charge in [0, 0.05) is 19.0 Å². The van der Waals surface area contributed by atoms with Gasteiger partial charge in [0.2, 0.25) is 0 Å². The molecule has 1 aliphatic heterocycles. The number of hydrogen-bond donors (Lipinski definition) is 2. The van der Waals surface area contributed by atoms with Crippen LogP contribution in [0.3, 0.4) is 0 Å². The Balaban J connectivity index is 1.48. The Hall–Kier alpha value is -3.32. The van der Waals surface area contributed by atoms with Crippen LogP contribution in [-0.4, -0.2) is 41.0 Å². The number of fused-ring (bicyclic) bond motifs is 1. The van der Waals surface area contributed by atoms with E-state index in [0.29, 0.717) is 43.6 Å². The van der Waals surface area contributed by atoms with E-state index in [-0.39, 0.29) is 29.8 Å². The summed E-state index contributed by atoms with van der Waals surface area (Å²) in [5.74, 6) is -1.25. The normalized spacial score (nSPS) is 24.2. The van der Waals surface area contributed by atoms with Gasteiger partial charge in [-0.25, -0.2) is 4.39 Å². The molecule has 2 fully saturated rings. The molecule has 1 aliphatic carbocycles. The monoisotopic (exact) mass is 574 g/mol. The topological polar surface area (TPSA) is 79.0 Å². The van der Waals surface area contributed by atoms with Gasteiger partial charge in [-0.05, 0) is 66.1 Å². The minimum Gasteiger partial charge on any atom is -0.491 e. The molecule has 1 saturated heterocycles. The molecule has 0 radical (unpaired) electrons. The van der Waals surface area contributed by atoms with Crippen LogP contribution in [-0.2, 0) is 17.1 Å². The highest BCUT2D eigenvalue weighted by Gasteiger charge is 2.47. The van der Waals surface area contributed by atoms with E-state index in [4.69, 9.17) is 9.15 Å². The van der Waals surface area contributed by atoms with Gasteiger partial charge in [-0.2, -0.15) is 31.3 Å². The molecule has 1 aromatic heterocycles. The van der Waals surface area contributed by atoms with E-state index in [9.17, 15) is 40.9 Å². The second kappa shape index (κ2) is 10.6. The summed E-state index contributed by atoms with van der Waals surface area (Å²) in [6, 6.07) is 7.01. The van der Waals surface area contributed by atoms with Gasteiger partial charge in [-0.1, -0.05) is 12.1 Å². The zero-order chi connectivity index (χ0) is 28.8. The van der Waals surface area contributed by atoms with Crippen LogP contribution in [0.1, 0.15) is 47.1 Å². The van der Waals surface area contributed by atoms with Crippen LogP contribution in [0.5, 0.6) is 5.88 Å². The molecular formula is C27H25F7N2O4. The number of alkyl halides is 6. The number of halogens is 7. The van der Waals surface area contributed by atoms with Gasteiger partial charge >= 0.3 is 18.4 Å². The third kappa shape index (κ3) is 5.75.